The maximum Gasteiger partial charge on any atom is 0.325 e. The van der Waals surface area contributed by atoms with Crippen molar-refractivity contribution in [3.63, 3.8) is 0 Å². The molecule has 26 heavy (non-hydrogen) atoms. The molecule has 9 heteroatoms. The first-order valence-corrected chi connectivity index (χ1v) is 9.17. The fraction of sp³-hybridized carbons (Fsp3) is 0.588. The third-order valence-corrected chi connectivity index (χ3v) is 5.34. The number of aromatic nitrogens is 5. The molecule has 2 aromatic heterocycles. The number of likely N-dealkylation sites (tertiary alicyclic amines) is 1. The number of nitrogens with zero attached hydrogens (tertiary/aromatic N) is 4. The summed E-state index contributed by atoms with van der Waals surface area (Å²) in [5.74, 6) is 2.06. The average molecular weight is 358 g/mol. The second-order valence-electron chi connectivity index (χ2n) is 6.99. The van der Waals surface area contributed by atoms with E-state index in [1.54, 1.807) is 4.90 Å². The van der Waals surface area contributed by atoms with Crippen LogP contribution in [0.1, 0.15) is 60.0 Å². The van der Waals surface area contributed by atoms with Crippen molar-refractivity contribution in [1.29, 1.82) is 0 Å². The summed E-state index contributed by atoms with van der Waals surface area (Å²) < 4.78 is 2.27. The molecular formula is C17H22N6O3. The van der Waals surface area contributed by atoms with Gasteiger partial charge in [-0.3, -0.25) is 14.6 Å². The van der Waals surface area contributed by atoms with Crippen LogP contribution >= 0.6 is 0 Å². The molecule has 2 N–H and O–H groups in total. The van der Waals surface area contributed by atoms with Crippen molar-refractivity contribution in [3.8, 4) is 0 Å². The second-order valence-corrected chi connectivity index (χ2v) is 6.99. The van der Waals surface area contributed by atoms with Crippen LogP contribution in [-0.4, -0.2) is 48.6 Å². The van der Waals surface area contributed by atoms with E-state index in [9.17, 15) is 14.4 Å². The number of fused-ring (bicyclic) bond motifs is 1. The van der Waals surface area contributed by atoms with Crippen LogP contribution in [0.2, 0.25) is 0 Å². The van der Waals surface area contributed by atoms with Gasteiger partial charge in [-0.25, -0.2) is 4.79 Å². The molecule has 0 saturated carbocycles. The molecule has 1 saturated heterocycles. The molecule has 9 nitrogen and oxygen atoms in total. The molecule has 0 bridgehead atoms. The molecule has 0 radical (unpaired) electrons. The summed E-state index contributed by atoms with van der Waals surface area (Å²) in [4.78, 5) is 41.6. The van der Waals surface area contributed by atoms with Crippen LogP contribution in [0.5, 0.6) is 0 Å². The molecule has 2 aromatic rings. The van der Waals surface area contributed by atoms with Crippen molar-refractivity contribution in [1.82, 2.24) is 29.6 Å². The van der Waals surface area contributed by atoms with Crippen molar-refractivity contribution in [2.45, 2.75) is 51.0 Å². The summed E-state index contributed by atoms with van der Waals surface area (Å²) in [5.41, 5.74) is -1.29. The lowest BCUT2D eigenvalue weighted by Gasteiger charge is -2.31. The number of amides is 1. The van der Waals surface area contributed by atoms with Gasteiger partial charge in [0.15, 0.2) is 0 Å². The zero-order valence-electron chi connectivity index (χ0n) is 14.5. The molecule has 0 unspecified atom stereocenters. The number of rotatable bonds is 2. The predicted molar refractivity (Wildman–Crippen MR) is 93.1 cm³/mol. The van der Waals surface area contributed by atoms with Gasteiger partial charge in [0.2, 0.25) is 0 Å². The van der Waals surface area contributed by atoms with Gasteiger partial charge in [-0.1, -0.05) is 6.42 Å². The minimum Gasteiger partial charge on any atom is -0.338 e. The molecule has 1 amide bonds. The molecule has 0 spiro atoms. The van der Waals surface area contributed by atoms with Crippen molar-refractivity contribution >= 4 is 5.91 Å². The first kappa shape index (κ1) is 16.7. The minimum absolute atomic E-state index is 0.0283. The zero-order valence-corrected chi connectivity index (χ0v) is 14.5. The number of nitrogens with one attached hydrogen (secondary N) is 2. The van der Waals surface area contributed by atoms with Gasteiger partial charge in [0.1, 0.15) is 17.2 Å². The van der Waals surface area contributed by atoms with Gasteiger partial charge in [-0.15, -0.1) is 10.2 Å². The molecule has 138 valence electrons. The van der Waals surface area contributed by atoms with E-state index in [1.807, 2.05) is 0 Å². The standard InChI is InChI=1S/C17H22N6O3/c24-15-12(10-18-17(26)19-15)16(25)22-8-5-11(6-9-22)14-21-20-13-4-2-1-3-7-23(13)14/h10-11H,1-9H2,(H2,18,19,24,26). The highest BCUT2D eigenvalue weighted by Gasteiger charge is 2.29. The fourth-order valence-electron chi connectivity index (χ4n) is 3.89. The molecule has 2 aliphatic rings. The molecule has 0 atom stereocenters. The number of hydrogen-bond acceptors (Lipinski definition) is 5. The van der Waals surface area contributed by atoms with Gasteiger partial charge in [0.05, 0.1) is 0 Å². The monoisotopic (exact) mass is 358 g/mol. The number of carbonyl (C=O) groups excluding carboxylic acids is 1. The van der Waals surface area contributed by atoms with E-state index in [2.05, 4.69) is 24.7 Å². The highest BCUT2D eigenvalue weighted by atomic mass is 16.2. The predicted octanol–water partition coefficient (Wildman–Crippen LogP) is 0.401. The third kappa shape index (κ3) is 3.09. The summed E-state index contributed by atoms with van der Waals surface area (Å²) in [6.07, 6.45) is 7.32. The van der Waals surface area contributed by atoms with Crippen LogP contribution in [-0.2, 0) is 13.0 Å². The van der Waals surface area contributed by atoms with Crippen molar-refractivity contribution in [2.75, 3.05) is 13.1 Å². The Kier molecular flexibility index (Phi) is 4.44. The molecule has 4 heterocycles. The first-order valence-electron chi connectivity index (χ1n) is 9.17. The van der Waals surface area contributed by atoms with Gasteiger partial charge >= 0.3 is 5.69 Å². The number of hydrogen-bond donors (Lipinski definition) is 2. The van der Waals surface area contributed by atoms with E-state index in [0.29, 0.717) is 13.1 Å². The summed E-state index contributed by atoms with van der Waals surface area (Å²) in [7, 11) is 0. The molecular weight excluding hydrogens is 336 g/mol. The van der Waals surface area contributed by atoms with E-state index in [0.717, 1.165) is 43.9 Å². The molecule has 2 aliphatic heterocycles. The van der Waals surface area contributed by atoms with Gasteiger partial charge in [0, 0.05) is 38.2 Å². The van der Waals surface area contributed by atoms with Gasteiger partial charge in [-0.2, -0.15) is 0 Å². The topological polar surface area (TPSA) is 117 Å². The van der Waals surface area contributed by atoms with E-state index in [-0.39, 0.29) is 17.4 Å². The van der Waals surface area contributed by atoms with Crippen LogP contribution in [0.3, 0.4) is 0 Å². The minimum atomic E-state index is -0.649. The number of H-pyrrole nitrogens is 2. The lowest BCUT2D eigenvalue weighted by Crippen LogP contribution is -2.41. The van der Waals surface area contributed by atoms with E-state index in [4.69, 9.17) is 0 Å². The number of aromatic amines is 2. The number of aryl methyl sites for hydroxylation is 1. The summed E-state index contributed by atoms with van der Waals surface area (Å²) in [5, 5.41) is 8.80. The Morgan fingerprint density at radius 1 is 1.08 bits per heavy atom. The second kappa shape index (κ2) is 6.89. The smallest absolute Gasteiger partial charge is 0.325 e. The lowest BCUT2D eigenvalue weighted by molar-refractivity contribution is 0.0707. The Labute approximate surface area is 149 Å². The van der Waals surface area contributed by atoms with Gasteiger partial charge in [0.25, 0.3) is 11.5 Å². The normalized spacial score (nSPS) is 18.4. The van der Waals surface area contributed by atoms with E-state index in [1.165, 1.54) is 19.0 Å². The highest BCUT2D eigenvalue weighted by Crippen LogP contribution is 2.29. The molecule has 1 fully saturated rings. The van der Waals surface area contributed by atoms with Gasteiger partial charge < -0.3 is 14.5 Å². The quantitative estimate of drug-likeness (QED) is 0.806. The third-order valence-electron chi connectivity index (χ3n) is 5.34. The summed E-state index contributed by atoms with van der Waals surface area (Å²) in [6.45, 7) is 2.10. The molecule has 4 rings (SSSR count). The molecule has 0 aromatic carbocycles. The number of carbonyl (C=O) groups is 1. The van der Waals surface area contributed by atoms with Crippen LogP contribution < -0.4 is 11.2 Å². The van der Waals surface area contributed by atoms with Crippen molar-refractivity contribution in [2.24, 2.45) is 0 Å². The van der Waals surface area contributed by atoms with E-state index < -0.39 is 11.2 Å². The largest absolute Gasteiger partial charge is 0.338 e. The SMILES string of the molecule is O=C(c1c[nH]c(=O)[nH]c1=O)N1CCC(c2nnc3n2CCCCC3)CC1. The van der Waals surface area contributed by atoms with Crippen LogP contribution in [0.4, 0.5) is 0 Å². The maximum atomic E-state index is 12.6. The number of piperidine rings is 1. The Balaban J connectivity index is 1.46. The highest BCUT2D eigenvalue weighted by molar-refractivity contribution is 5.93. The Bertz CT molecular complexity index is 919. The van der Waals surface area contributed by atoms with Crippen LogP contribution in [0.15, 0.2) is 15.8 Å². The van der Waals surface area contributed by atoms with Crippen molar-refractivity contribution in [3.05, 3.63) is 44.2 Å². The Morgan fingerprint density at radius 2 is 1.88 bits per heavy atom. The van der Waals surface area contributed by atoms with E-state index >= 15 is 0 Å². The van der Waals surface area contributed by atoms with Crippen LogP contribution in [0, 0.1) is 0 Å². The first-order chi connectivity index (χ1) is 12.6. The zero-order chi connectivity index (χ0) is 18.1. The summed E-state index contributed by atoms with van der Waals surface area (Å²) >= 11 is 0. The maximum absolute atomic E-state index is 12.6. The van der Waals surface area contributed by atoms with Gasteiger partial charge in [-0.05, 0) is 25.7 Å². The molecule has 0 aliphatic carbocycles. The lowest BCUT2D eigenvalue weighted by atomic mass is 9.95. The average Bonchev–Trinajstić information content (AvgIpc) is 2.89. The van der Waals surface area contributed by atoms with Crippen molar-refractivity contribution < 1.29 is 4.79 Å². The fourth-order valence-corrected chi connectivity index (χ4v) is 3.89. The summed E-state index contributed by atoms with van der Waals surface area (Å²) in [6, 6.07) is 0. The Morgan fingerprint density at radius 3 is 2.65 bits per heavy atom. The Hall–Kier alpha value is -2.71. The van der Waals surface area contributed by atoms with Crippen LogP contribution in [0.25, 0.3) is 0 Å².